The number of aromatic nitrogens is 4. The summed E-state index contributed by atoms with van der Waals surface area (Å²) in [5.74, 6) is -0.0988. The number of nitro groups is 1. The maximum Gasteiger partial charge on any atom is 0.271 e. The first-order chi connectivity index (χ1) is 15.8. The molecule has 0 fully saturated rings. The fourth-order valence-corrected chi connectivity index (χ4v) is 4.29. The van der Waals surface area contributed by atoms with Gasteiger partial charge in [-0.25, -0.2) is 0 Å². The average molecular weight is 485 g/mol. The van der Waals surface area contributed by atoms with Crippen molar-refractivity contribution in [3.05, 3.63) is 80.6 Å². The Hall–Kier alpha value is -3.70. The van der Waals surface area contributed by atoms with Crippen molar-refractivity contribution >= 4 is 57.3 Å². The van der Waals surface area contributed by atoms with E-state index >= 15 is 0 Å². The predicted octanol–water partition coefficient (Wildman–Crippen LogP) is 3.91. The Balaban J connectivity index is 1.69. The van der Waals surface area contributed by atoms with Gasteiger partial charge in [0.25, 0.3) is 11.2 Å². The number of anilines is 1. The molecule has 0 bridgehead atoms. The number of amides is 1. The standard InChI is InChI=1S/C21H17ClN6O4S/c1-3-10-26-19(30)14-6-4-5-7-17(14)27-20(26)24-25-21(27)33-12(2)18(29)23-16-11-13(28(31)32)8-9-15(16)22/h3-9,11-12H,1,10H2,2H3,(H,23,29). The van der Waals surface area contributed by atoms with Crippen LogP contribution in [0.5, 0.6) is 0 Å². The monoisotopic (exact) mass is 484 g/mol. The largest absolute Gasteiger partial charge is 0.324 e. The Morgan fingerprint density at radius 1 is 1.33 bits per heavy atom. The van der Waals surface area contributed by atoms with Crippen molar-refractivity contribution < 1.29 is 9.72 Å². The maximum absolute atomic E-state index is 12.9. The molecule has 0 aliphatic rings. The quantitative estimate of drug-likeness (QED) is 0.182. The van der Waals surface area contributed by atoms with Gasteiger partial charge in [0.2, 0.25) is 11.7 Å². The molecule has 0 saturated heterocycles. The van der Waals surface area contributed by atoms with E-state index in [4.69, 9.17) is 11.6 Å². The summed E-state index contributed by atoms with van der Waals surface area (Å²) < 4.78 is 3.18. The number of allylic oxidation sites excluding steroid dienone is 1. The maximum atomic E-state index is 12.9. The molecule has 1 atom stereocenters. The summed E-state index contributed by atoms with van der Waals surface area (Å²) in [5, 5.41) is 22.4. The molecule has 1 amide bonds. The molecule has 10 nitrogen and oxygen atoms in total. The van der Waals surface area contributed by atoms with Crippen LogP contribution in [0.3, 0.4) is 0 Å². The van der Waals surface area contributed by atoms with E-state index in [1.54, 1.807) is 41.7 Å². The molecule has 4 aromatic rings. The number of halogens is 1. The zero-order valence-corrected chi connectivity index (χ0v) is 18.8. The molecular weight excluding hydrogens is 468 g/mol. The minimum atomic E-state index is -0.661. The van der Waals surface area contributed by atoms with Crippen molar-refractivity contribution in [1.29, 1.82) is 0 Å². The van der Waals surface area contributed by atoms with Gasteiger partial charge in [-0.1, -0.05) is 41.6 Å². The van der Waals surface area contributed by atoms with E-state index in [1.807, 2.05) is 0 Å². The van der Waals surface area contributed by atoms with Gasteiger partial charge in [-0.3, -0.25) is 28.7 Å². The fraction of sp³-hybridized carbons (Fsp3) is 0.143. The number of hydrogen-bond acceptors (Lipinski definition) is 7. The summed E-state index contributed by atoms with van der Waals surface area (Å²) in [6.07, 6.45) is 1.59. The normalized spacial score (nSPS) is 12.1. The second-order valence-corrected chi connectivity index (χ2v) is 8.73. The van der Waals surface area contributed by atoms with Crippen LogP contribution >= 0.6 is 23.4 Å². The molecule has 0 spiro atoms. The summed E-state index contributed by atoms with van der Waals surface area (Å²) in [5.41, 5.74) is 0.345. The predicted molar refractivity (Wildman–Crippen MR) is 127 cm³/mol. The van der Waals surface area contributed by atoms with Gasteiger partial charge in [0, 0.05) is 18.7 Å². The molecular formula is C21H17ClN6O4S. The van der Waals surface area contributed by atoms with Crippen molar-refractivity contribution in [3.63, 3.8) is 0 Å². The van der Waals surface area contributed by atoms with Crippen LogP contribution in [-0.2, 0) is 11.3 Å². The highest BCUT2D eigenvalue weighted by atomic mass is 35.5. The number of rotatable bonds is 7. The lowest BCUT2D eigenvalue weighted by Gasteiger charge is -2.13. The molecule has 0 saturated carbocycles. The van der Waals surface area contributed by atoms with Gasteiger partial charge in [-0.05, 0) is 25.1 Å². The van der Waals surface area contributed by atoms with E-state index in [0.717, 1.165) is 11.8 Å². The first-order valence-corrected chi connectivity index (χ1v) is 11.0. The van der Waals surface area contributed by atoms with Crippen LogP contribution in [0, 0.1) is 10.1 Å². The van der Waals surface area contributed by atoms with Gasteiger partial charge >= 0.3 is 0 Å². The number of hydrogen-bond donors (Lipinski definition) is 1. The Labute approximate surface area is 196 Å². The molecule has 1 unspecified atom stereocenters. The zero-order valence-electron chi connectivity index (χ0n) is 17.3. The summed E-state index contributed by atoms with van der Waals surface area (Å²) >= 11 is 7.22. The molecule has 0 aliphatic carbocycles. The number of nitrogens with one attached hydrogen (secondary N) is 1. The zero-order chi connectivity index (χ0) is 23.7. The van der Waals surface area contributed by atoms with Crippen molar-refractivity contribution in [2.24, 2.45) is 0 Å². The van der Waals surface area contributed by atoms with E-state index < -0.39 is 16.1 Å². The van der Waals surface area contributed by atoms with Crippen molar-refractivity contribution in [1.82, 2.24) is 19.2 Å². The fourth-order valence-electron chi connectivity index (χ4n) is 3.27. The smallest absolute Gasteiger partial charge is 0.271 e. The van der Waals surface area contributed by atoms with Crippen LogP contribution in [0.15, 0.2) is 65.1 Å². The third-order valence-electron chi connectivity index (χ3n) is 4.86. The highest BCUT2D eigenvalue weighted by Crippen LogP contribution is 2.29. The Morgan fingerprint density at radius 3 is 2.82 bits per heavy atom. The van der Waals surface area contributed by atoms with Gasteiger partial charge in [0.05, 0.1) is 31.8 Å². The number of thioether (sulfide) groups is 1. The lowest BCUT2D eigenvalue weighted by molar-refractivity contribution is -0.384. The number of carbonyl (C=O) groups is 1. The Morgan fingerprint density at radius 2 is 2.09 bits per heavy atom. The first kappa shape index (κ1) is 22.5. The topological polar surface area (TPSA) is 124 Å². The molecule has 168 valence electrons. The average Bonchev–Trinajstić information content (AvgIpc) is 3.21. The van der Waals surface area contributed by atoms with Gasteiger partial charge in [0.1, 0.15) is 0 Å². The van der Waals surface area contributed by atoms with E-state index in [2.05, 4.69) is 22.1 Å². The van der Waals surface area contributed by atoms with Gasteiger partial charge in [0.15, 0.2) is 5.16 Å². The lowest BCUT2D eigenvalue weighted by atomic mass is 10.2. The second-order valence-electron chi connectivity index (χ2n) is 7.01. The highest BCUT2D eigenvalue weighted by Gasteiger charge is 2.22. The van der Waals surface area contributed by atoms with E-state index in [1.165, 1.54) is 22.8 Å². The van der Waals surface area contributed by atoms with Crippen LogP contribution in [0.25, 0.3) is 16.7 Å². The molecule has 12 heteroatoms. The second kappa shape index (κ2) is 9.04. The number of nitrogens with zero attached hydrogens (tertiary/aromatic N) is 5. The summed E-state index contributed by atoms with van der Waals surface area (Å²) in [4.78, 5) is 36.1. The first-order valence-electron chi connectivity index (χ1n) is 9.71. The van der Waals surface area contributed by atoms with Crippen LogP contribution < -0.4 is 10.9 Å². The number of non-ortho nitro benzene ring substituents is 1. The molecule has 1 N–H and O–H groups in total. The number of para-hydroxylation sites is 1. The summed E-state index contributed by atoms with van der Waals surface area (Å²) in [6, 6.07) is 10.9. The summed E-state index contributed by atoms with van der Waals surface area (Å²) in [6.45, 7) is 5.61. The molecule has 0 radical (unpaired) electrons. The van der Waals surface area contributed by atoms with E-state index in [0.29, 0.717) is 21.8 Å². The van der Waals surface area contributed by atoms with Crippen LogP contribution in [0.1, 0.15) is 6.92 Å². The van der Waals surface area contributed by atoms with Crippen molar-refractivity contribution in [2.45, 2.75) is 23.9 Å². The lowest BCUT2D eigenvalue weighted by Crippen LogP contribution is -2.24. The van der Waals surface area contributed by atoms with Crippen LogP contribution in [0.2, 0.25) is 5.02 Å². The van der Waals surface area contributed by atoms with Crippen LogP contribution in [-0.4, -0.2) is 35.2 Å². The van der Waals surface area contributed by atoms with E-state index in [-0.39, 0.29) is 28.5 Å². The molecule has 33 heavy (non-hydrogen) atoms. The summed E-state index contributed by atoms with van der Waals surface area (Å²) in [7, 11) is 0. The number of carbonyl (C=O) groups excluding carboxylic acids is 1. The molecule has 0 aliphatic heterocycles. The number of benzene rings is 2. The molecule has 2 aromatic carbocycles. The molecule has 4 rings (SSSR count). The third kappa shape index (κ3) is 4.20. The highest BCUT2D eigenvalue weighted by molar-refractivity contribution is 8.00. The minimum absolute atomic E-state index is 0.139. The van der Waals surface area contributed by atoms with Crippen molar-refractivity contribution in [3.8, 4) is 0 Å². The van der Waals surface area contributed by atoms with Gasteiger partial charge in [-0.2, -0.15) is 0 Å². The van der Waals surface area contributed by atoms with Gasteiger partial charge < -0.3 is 5.32 Å². The van der Waals surface area contributed by atoms with Crippen LogP contribution in [0.4, 0.5) is 11.4 Å². The van der Waals surface area contributed by atoms with E-state index in [9.17, 15) is 19.7 Å². The SMILES string of the molecule is C=CCn1c(=O)c2ccccc2n2c(SC(C)C(=O)Nc3cc([N+](=O)[O-])ccc3Cl)nnc12. The Bertz CT molecular complexity index is 1480. The molecule has 2 heterocycles. The minimum Gasteiger partial charge on any atom is -0.324 e. The third-order valence-corrected chi connectivity index (χ3v) is 6.23. The molecule has 2 aromatic heterocycles. The number of nitro benzene ring substituents is 1. The number of fused-ring (bicyclic) bond motifs is 3. The van der Waals surface area contributed by atoms with Crippen molar-refractivity contribution in [2.75, 3.05) is 5.32 Å². The Kier molecular flexibility index (Phi) is 6.16. The van der Waals surface area contributed by atoms with Gasteiger partial charge in [-0.15, -0.1) is 16.8 Å².